The average molecular weight is 328 g/mol. The van der Waals surface area contributed by atoms with E-state index >= 15 is 0 Å². The molecule has 2 amide bonds. The number of para-hydroxylation sites is 1. The van der Waals surface area contributed by atoms with Gasteiger partial charge < -0.3 is 10.2 Å². The lowest BCUT2D eigenvalue weighted by molar-refractivity contribution is 0.206. The lowest BCUT2D eigenvalue weighted by atomic mass is 10.0. The Balaban J connectivity index is 1.55. The standard InChI is InChI=1S/C22H20N2O/c25-22(24-15-14-17-8-4-5-11-19(17)16-24)23-21-13-7-6-12-20(21)18-9-2-1-3-10-18/h1-13H,14-16H2,(H,23,25). The topological polar surface area (TPSA) is 32.3 Å². The van der Waals surface area contributed by atoms with Crippen LogP contribution in [0.1, 0.15) is 11.1 Å². The smallest absolute Gasteiger partial charge is 0.320 e. The Morgan fingerprint density at radius 2 is 1.48 bits per heavy atom. The van der Waals surface area contributed by atoms with E-state index in [1.165, 1.54) is 11.1 Å². The van der Waals surface area contributed by atoms with Gasteiger partial charge in [-0.2, -0.15) is 0 Å². The van der Waals surface area contributed by atoms with Crippen molar-refractivity contribution in [1.82, 2.24) is 4.90 Å². The van der Waals surface area contributed by atoms with Crippen LogP contribution in [0.3, 0.4) is 0 Å². The molecule has 0 saturated carbocycles. The Morgan fingerprint density at radius 1 is 0.800 bits per heavy atom. The molecule has 0 spiro atoms. The van der Waals surface area contributed by atoms with Crippen LogP contribution in [0.2, 0.25) is 0 Å². The fourth-order valence-corrected chi connectivity index (χ4v) is 3.32. The van der Waals surface area contributed by atoms with E-state index in [0.29, 0.717) is 6.54 Å². The van der Waals surface area contributed by atoms with Crippen LogP contribution in [0.4, 0.5) is 10.5 Å². The van der Waals surface area contributed by atoms with Gasteiger partial charge in [-0.05, 0) is 29.2 Å². The van der Waals surface area contributed by atoms with E-state index in [-0.39, 0.29) is 6.03 Å². The molecule has 1 heterocycles. The van der Waals surface area contributed by atoms with Crippen LogP contribution in [0.5, 0.6) is 0 Å². The van der Waals surface area contributed by atoms with Gasteiger partial charge in [0.1, 0.15) is 0 Å². The van der Waals surface area contributed by atoms with E-state index in [1.807, 2.05) is 53.4 Å². The molecule has 3 nitrogen and oxygen atoms in total. The molecule has 3 aromatic rings. The zero-order chi connectivity index (χ0) is 17.1. The minimum absolute atomic E-state index is 0.0436. The Hall–Kier alpha value is -3.07. The summed E-state index contributed by atoms with van der Waals surface area (Å²) in [6.45, 7) is 1.41. The molecule has 0 fully saturated rings. The third kappa shape index (κ3) is 3.26. The highest BCUT2D eigenvalue weighted by Crippen LogP contribution is 2.28. The van der Waals surface area contributed by atoms with E-state index in [2.05, 4.69) is 35.6 Å². The third-order valence-corrected chi connectivity index (χ3v) is 4.67. The molecule has 4 rings (SSSR count). The number of rotatable bonds is 2. The number of carbonyl (C=O) groups is 1. The molecule has 0 bridgehead atoms. The molecule has 1 aliphatic rings. The number of hydrogen-bond donors (Lipinski definition) is 1. The van der Waals surface area contributed by atoms with Crippen molar-refractivity contribution in [2.75, 3.05) is 11.9 Å². The number of benzene rings is 3. The van der Waals surface area contributed by atoms with Gasteiger partial charge in [0.2, 0.25) is 0 Å². The van der Waals surface area contributed by atoms with E-state index in [9.17, 15) is 4.79 Å². The Morgan fingerprint density at radius 3 is 2.32 bits per heavy atom. The number of anilines is 1. The van der Waals surface area contributed by atoms with Crippen LogP contribution in [-0.4, -0.2) is 17.5 Å². The predicted molar refractivity (Wildman–Crippen MR) is 101 cm³/mol. The van der Waals surface area contributed by atoms with Gasteiger partial charge in [0, 0.05) is 18.7 Å². The van der Waals surface area contributed by atoms with Crippen LogP contribution < -0.4 is 5.32 Å². The normalized spacial score (nSPS) is 13.2. The molecule has 3 aromatic carbocycles. The molecule has 25 heavy (non-hydrogen) atoms. The Labute approximate surface area is 147 Å². The average Bonchev–Trinajstić information content (AvgIpc) is 2.68. The SMILES string of the molecule is O=C(Nc1ccccc1-c1ccccc1)N1CCc2ccccc2C1. The van der Waals surface area contributed by atoms with Crippen molar-refractivity contribution in [2.45, 2.75) is 13.0 Å². The molecule has 124 valence electrons. The Bertz CT molecular complexity index is 889. The van der Waals surface area contributed by atoms with Crippen LogP contribution in [-0.2, 0) is 13.0 Å². The first-order valence-corrected chi connectivity index (χ1v) is 8.58. The zero-order valence-corrected chi connectivity index (χ0v) is 14.0. The number of hydrogen-bond acceptors (Lipinski definition) is 1. The summed E-state index contributed by atoms with van der Waals surface area (Å²) in [6.07, 6.45) is 0.907. The lowest BCUT2D eigenvalue weighted by Crippen LogP contribution is -2.38. The molecule has 0 aromatic heterocycles. The summed E-state index contributed by atoms with van der Waals surface area (Å²) in [4.78, 5) is 14.7. The second-order valence-electron chi connectivity index (χ2n) is 6.28. The minimum Gasteiger partial charge on any atom is -0.320 e. The molecule has 0 saturated heterocycles. The van der Waals surface area contributed by atoms with Crippen molar-refractivity contribution < 1.29 is 4.79 Å². The largest absolute Gasteiger partial charge is 0.322 e. The second kappa shape index (κ2) is 6.81. The fraction of sp³-hybridized carbons (Fsp3) is 0.136. The summed E-state index contributed by atoms with van der Waals surface area (Å²) in [5.74, 6) is 0. The number of nitrogens with one attached hydrogen (secondary N) is 1. The van der Waals surface area contributed by atoms with Crippen LogP contribution in [0, 0.1) is 0 Å². The van der Waals surface area contributed by atoms with Crippen molar-refractivity contribution in [3.8, 4) is 11.1 Å². The number of amides is 2. The van der Waals surface area contributed by atoms with Gasteiger partial charge >= 0.3 is 6.03 Å². The van der Waals surface area contributed by atoms with Gasteiger partial charge in [-0.1, -0.05) is 72.8 Å². The minimum atomic E-state index is -0.0436. The predicted octanol–water partition coefficient (Wildman–Crippen LogP) is 4.94. The van der Waals surface area contributed by atoms with E-state index < -0.39 is 0 Å². The summed E-state index contributed by atoms with van der Waals surface area (Å²) in [7, 11) is 0. The molecular weight excluding hydrogens is 308 g/mol. The summed E-state index contributed by atoms with van der Waals surface area (Å²) in [5.41, 5.74) is 5.56. The lowest BCUT2D eigenvalue weighted by Gasteiger charge is -2.29. The third-order valence-electron chi connectivity index (χ3n) is 4.67. The number of fused-ring (bicyclic) bond motifs is 1. The molecule has 1 N–H and O–H groups in total. The van der Waals surface area contributed by atoms with E-state index in [0.717, 1.165) is 29.8 Å². The van der Waals surface area contributed by atoms with Crippen LogP contribution in [0.15, 0.2) is 78.9 Å². The second-order valence-corrected chi connectivity index (χ2v) is 6.28. The van der Waals surface area contributed by atoms with Crippen LogP contribution >= 0.6 is 0 Å². The monoisotopic (exact) mass is 328 g/mol. The summed E-state index contributed by atoms with van der Waals surface area (Å²) >= 11 is 0. The maximum absolute atomic E-state index is 12.8. The zero-order valence-electron chi connectivity index (χ0n) is 14.0. The van der Waals surface area contributed by atoms with Gasteiger partial charge in [0.25, 0.3) is 0 Å². The number of urea groups is 1. The summed E-state index contributed by atoms with van der Waals surface area (Å²) in [5, 5.41) is 3.10. The maximum atomic E-state index is 12.8. The van der Waals surface area contributed by atoms with E-state index in [1.54, 1.807) is 0 Å². The summed E-state index contributed by atoms with van der Waals surface area (Å²) < 4.78 is 0. The van der Waals surface area contributed by atoms with Crippen molar-refractivity contribution in [1.29, 1.82) is 0 Å². The van der Waals surface area contributed by atoms with Gasteiger partial charge in [0.15, 0.2) is 0 Å². The van der Waals surface area contributed by atoms with Crippen molar-refractivity contribution in [3.63, 3.8) is 0 Å². The van der Waals surface area contributed by atoms with Gasteiger partial charge in [0.05, 0.1) is 5.69 Å². The first kappa shape index (κ1) is 15.5. The highest BCUT2D eigenvalue weighted by molar-refractivity contribution is 5.94. The van der Waals surface area contributed by atoms with Crippen LogP contribution in [0.25, 0.3) is 11.1 Å². The molecule has 0 aliphatic carbocycles. The summed E-state index contributed by atoms with van der Waals surface area (Å²) in [6, 6.07) is 26.4. The quantitative estimate of drug-likeness (QED) is 0.710. The highest BCUT2D eigenvalue weighted by atomic mass is 16.2. The molecule has 3 heteroatoms. The van der Waals surface area contributed by atoms with Gasteiger partial charge in [-0.3, -0.25) is 0 Å². The first-order chi connectivity index (χ1) is 12.3. The fourth-order valence-electron chi connectivity index (χ4n) is 3.32. The van der Waals surface area contributed by atoms with Crippen molar-refractivity contribution >= 4 is 11.7 Å². The number of nitrogens with zero attached hydrogens (tertiary/aromatic N) is 1. The molecule has 0 unspecified atom stereocenters. The van der Waals surface area contributed by atoms with Crippen molar-refractivity contribution in [2.24, 2.45) is 0 Å². The van der Waals surface area contributed by atoms with Gasteiger partial charge in [-0.15, -0.1) is 0 Å². The van der Waals surface area contributed by atoms with Crippen molar-refractivity contribution in [3.05, 3.63) is 90.0 Å². The van der Waals surface area contributed by atoms with E-state index in [4.69, 9.17) is 0 Å². The number of carbonyl (C=O) groups excluding carboxylic acids is 1. The highest BCUT2D eigenvalue weighted by Gasteiger charge is 2.21. The first-order valence-electron chi connectivity index (χ1n) is 8.58. The molecule has 0 atom stereocenters. The molecule has 1 aliphatic heterocycles. The molecule has 0 radical (unpaired) electrons. The Kier molecular flexibility index (Phi) is 4.21. The molecular formula is C22H20N2O. The maximum Gasteiger partial charge on any atom is 0.322 e. The van der Waals surface area contributed by atoms with Gasteiger partial charge in [-0.25, -0.2) is 4.79 Å².